The van der Waals surface area contributed by atoms with Crippen LogP contribution in [0.5, 0.6) is 0 Å². The molecule has 5 nitrogen and oxygen atoms in total. The lowest BCUT2D eigenvalue weighted by Crippen LogP contribution is -2.50. The summed E-state index contributed by atoms with van der Waals surface area (Å²) in [6.07, 6.45) is 0. The van der Waals surface area contributed by atoms with Crippen molar-refractivity contribution in [3.8, 4) is 0 Å². The molecule has 8 heteroatoms. The highest BCUT2D eigenvalue weighted by molar-refractivity contribution is 8.29. The maximum Gasteiger partial charge on any atom is 0.344 e. The second-order valence-electron chi connectivity index (χ2n) is 6.10. The van der Waals surface area contributed by atoms with Crippen molar-refractivity contribution in [2.75, 3.05) is 11.9 Å². The molecule has 0 saturated carbocycles. The van der Waals surface area contributed by atoms with Crippen molar-refractivity contribution < 1.29 is 19.8 Å². The summed E-state index contributed by atoms with van der Waals surface area (Å²) in [4.78, 5) is 25.3. The average molecular weight is 394 g/mol. The van der Waals surface area contributed by atoms with Crippen LogP contribution in [0, 0.1) is 0 Å². The lowest BCUT2D eigenvalue weighted by molar-refractivity contribution is -0.134. The van der Waals surface area contributed by atoms with E-state index in [9.17, 15) is 19.8 Å². The first-order valence-electron chi connectivity index (χ1n) is 7.35. The van der Waals surface area contributed by atoms with Crippen molar-refractivity contribution >= 4 is 63.8 Å². The number of carboxylic acid groups (broad SMARTS) is 2. The third-order valence-electron chi connectivity index (χ3n) is 4.34. The van der Waals surface area contributed by atoms with Crippen molar-refractivity contribution in [3.05, 3.63) is 43.9 Å². The molecule has 0 amide bonds. The molecule has 1 aromatic carbocycles. The first-order chi connectivity index (χ1) is 11.7. The van der Waals surface area contributed by atoms with Gasteiger partial charge in [0.05, 0.1) is 9.78 Å². The smallest absolute Gasteiger partial charge is 0.344 e. The van der Waals surface area contributed by atoms with Crippen LogP contribution < -0.4 is 4.90 Å². The summed E-state index contributed by atoms with van der Waals surface area (Å²) in [5, 5.41) is 18.7. The second-order valence-corrected chi connectivity index (χ2v) is 8.81. The van der Waals surface area contributed by atoms with Crippen LogP contribution in [-0.4, -0.2) is 39.6 Å². The van der Waals surface area contributed by atoms with Gasteiger partial charge >= 0.3 is 11.9 Å². The number of fused-ring (bicyclic) bond motifs is 1. The van der Waals surface area contributed by atoms with E-state index < -0.39 is 17.5 Å². The van der Waals surface area contributed by atoms with Gasteiger partial charge in [-0.3, -0.25) is 0 Å². The normalized spacial score (nSPS) is 19.3. The zero-order valence-corrected chi connectivity index (χ0v) is 16.1. The van der Waals surface area contributed by atoms with Gasteiger partial charge in [-0.05, 0) is 19.9 Å². The van der Waals surface area contributed by atoms with Crippen LogP contribution in [0.25, 0.3) is 5.57 Å². The van der Waals surface area contributed by atoms with Crippen LogP contribution in [0.1, 0.15) is 19.4 Å². The van der Waals surface area contributed by atoms with Crippen LogP contribution in [0.4, 0.5) is 5.69 Å². The van der Waals surface area contributed by atoms with Crippen LogP contribution in [0.2, 0.25) is 0 Å². The molecule has 0 radical (unpaired) electrons. The van der Waals surface area contributed by atoms with Crippen LogP contribution in [0.15, 0.2) is 38.3 Å². The Morgan fingerprint density at radius 3 is 2.12 bits per heavy atom. The maximum atomic E-state index is 11.4. The largest absolute Gasteiger partial charge is 0.477 e. The van der Waals surface area contributed by atoms with E-state index in [1.54, 1.807) is 0 Å². The molecule has 1 aromatic rings. The topological polar surface area (TPSA) is 77.8 Å². The second kappa shape index (κ2) is 6.19. The Morgan fingerprint density at radius 2 is 1.60 bits per heavy atom. The molecular formula is C17H15NO4S3. The number of hydrogen-bond acceptors (Lipinski definition) is 6. The molecule has 2 N–H and O–H groups in total. The highest BCUT2D eigenvalue weighted by atomic mass is 32.2. The number of aliphatic carboxylic acids is 2. The van der Waals surface area contributed by atoms with E-state index in [0.29, 0.717) is 9.10 Å². The maximum absolute atomic E-state index is 11.4. The van der Waals surface area contributed by atoms with Crippen LogP contribution in [-0.2, 0) is 9.59 Å². The minimum absolute atomic E-state index is 0.169. The lowest BCUT2D eigenvalue weighted by Gasteiger charge is -2.44. The molecule has 2 aliphatic heterocycles. The molecule has 25 heavy (non-hydrogen) atoms. The Bertz CT molecular complexity index is 858. The zero-order valence-electron chi connectivity index (χ0n) is 13.7. The summed E-state index contributed by atoms with van der Waals surface area (Å²) >= 11 is 7.66. The van der Waals surface area contributed by atoms with Gasteiger partial charge in [-0.25, -0.2) is 9.59 Å². The zero-order chi connectivity index (χ0) is 18.5. The molecule has 2 aliphatic rings. The van der Waals surface area contributed by atoms with Crippen molar-refractivity contribution in [1.29, 1.82) is 0 Å². The Morgan fingerprint density at radius 1 is 1.08 bits per heavy atom. The fourth-order valence-corrected chi connectivity index (χ4v) is 5.67. The summed E-state index contributed by atoms with van der Waals surface area (Å²) in [5.41, 5.74) is 2.16. The van der Waals surface area contributed by atoms with Gasteiger partial charge < -0.3 is 15.1 Å². The Labute approximate surface area is 158 Å². The molecule has 3 rings (SSSR count). The first kappa shape index (κ1) is 18.0. The van der Waals surface area contributed by atoms with Crippen molar-refractivity contribution in [3.63, 3.8) is 0 Å². The molecule has 0 aromatic heterocycles. The first-order valence-corrected chi connectivity index (χ1v) is 9.39. The highest BCUT2D eigenvalue weighted by Crippen LogP contribution is 2.55. The van der Waals surface area contributed by atoms with E-state index >= 15 is 0 Å². The number of thioether (sulfide) groups is 2. The third kappa shape index (κ3) is 2.78. The van der Waals surface area contributed by atoms with Crippen LogP contribution >= 0.6 is 35.7 Å². The number of anilines is 1. The average Bonchev–Trinajstić information content (AvgIpc) is 2.99. The molecule has 0 aliphatic carbocycles. The molecule has 0 atom stereocenters. The van der Waals surface area contributed by atoms with E-state index in [4.69, 9.17) is 12.2 Å². The molecule has 2 heterocycles. The monoisotopic (exact) mass is 393 g/mol. The van der Waals surface area contributed by atoms with Gasteiger partial charge in [-0.15, -0.1) is 0 Å². The van der Waals surface area contributed by atoms with Gasteiger partial charge in [0.2, 0.25) is 0 Å². The van der Waals surface area contributed by atoms with Crippen molar-refractivity contribution in [2.24, 2.45) is 0 Å². The Balaban J connectivity index is 2.22. The van der Waals surface area contributed by atoms with E-state index in [0.717, 1.165) is 40.3 Å². The summed E-state index contributed by atoms with van der Waals surface area (Å²) in [6, 6.07) is 7.73. The SMILES string of the molecule is CN1c2ccccc2C(=C2SC(C(=O)O)=C(C(=O)O)S2)C(=S)C1(C)C. The fourth-order valence-electron chi connectivity index (χ4n) is 2.74. The summed E-state index contributed by atoms with van der Waals surface area (Å²) in [7, 11) is 1.96. The van der Waals surface area contributed by atoms with Crippen LogP contribution in [0.3, 0.4) is 0 Å². The Kier molecular flexibility index (Phi) is 4.47. The van der Waals surface area contributed by atoms with Gasteiger partial charge in [0, 0.05) is 28.7 Å². The number of hydrogen-bond donors (Lipinski definition) is 2. The summed E-state index contributed by atoms with van der Waals surface area (Å²) < 4.78 is 0.605. The van der Waals surface area contributed by atoms with E-state index in [1.165, 1.54) is 0 Å². The predicted octanol–water partition coefficient (Wildman–Crippen LogP) is 3.81. The molecule has 0 spiro atoms. The number of thiocarbonyl (C=S) groups is 1. The molecule has 0 saturated heterocycles. The van der Waals surface area contributed by atoms with E-state index in [1.807, 2.05) is 45.2 Å². The van der Waals surface area contributed by atoms with Crippen molar-refractivity contribution in [2.45, 2.75) is 19.4 Å². The van der Waals surface area contributed by atoms with Gasteiger partial charge in [0.1, 0.15) is 9.81 Å². The quantitative estimate of drug-likeness (QED) is 0.580. The van der Waals surface area contributed by atoms with Gasteiger partial charge in [-0.2, -0.15) is 0 Å². The third-order valence-corrected chi connectivity index (χ3v) is 7.62. The highest BCUT2D eigenvalue weighted by Gasteiger charge is 2.42. The Hall–Kier alpha value is -1.77. The molecule has 0 fully saturated rings. The fraction of sp³-hybridized carbons (Fsp3) is 0.235. The molecule has 0 bridgehead atoms. The summed E-state index contributed by atoms with van der Waals surface area (Å²) in [5.74, 6) is -2.48. The number of nitrogens with zero attached hydrogens (tertiary/aromatic N) is 1. The van der Waals surface area contributed by atoms with Gasteiger partial charge in [0.25, 0.3) is 0 Å². The lowest BCUT2D eigenvalue weighted by atomic mass is 9.84. The minimum atomic E-state index is -1.24. The number of carboxylic acids is 2. The standard InChI is InChI=1S/C17H15NO4S3/c1-17(2)13(23)10(8-6-4-5-7-9(8)18(17)3)16-24-11(14(19)20)12(25-16)15(21)22/h4-7H,1-3H3,(H,19,20)(H,21,22). The van der Waals surface area contributed by atoms with E-state index in [2.05, 4.69) is 4.90 Å². The number of benzene rings is 1. The van der Waals surface area contributed by atoms with E-state index in [-0.39, 0.29) is 9.81 Å². The van der Waals surface area contributed by atoms with Crippen molar-refractivity contribution in [1.82, 2.24) is 0 Å². The summed E-state index contributed by atoms with van der Waals surface area (Å²) in [6.45, 7) is 4.00. The van der Waals surface area contributed by atoms with Gasteiger partial charge in [0.15, 0.2) is 0 Å². The number of carbonyl (C=O) groups is 2. The number of rotatable bonds is 2. The molecule has 0 unspecified atom stereocenters. The molecular weight excluding hydrogens is 378 g/mol. The molecule has 130 valence electrons. The number of para-hydroxylation sites is 1. The van der Waals surface area contributed by atoms with Gasteiger partial charge in [-0.1, -0.05) is 53.9 Å². The predicted molar refractivity (Wildman–Crippen MR) is 106 cm³/mol. The minimum Gasteiger partial charge on any atom is -0.477 e.